The summed E-state index contributed by atoms with van der Waals surface area (Å²) in [6, 6.07) is 12.0. The summed E-state index contributed by atoms with van der Waals surface area (Å²) < 4.78 is 11.8. The van der Waals surface area contributed by atoms with Crippen LogP contribution < -0.4 is 25.4 Å². The van der Waals surface area contributed by atoms with Gasteiger partial charge in [-0.25, -0.2) is 0 Å². The smallest absolute Gasteiger partial charge is 0.124 e. The highest BCUT2D eigenvalue weighted by atomic mass is 31.1. The zero-order chi connectivity index (χ0) is 33.1. The van der Waals surface area contributed by atoms with Crippen LogP contribution in [0.5, 0.6) is 11.5 Å². The molecule has 6 rings (SSSR count). The van der Waals surface area contributed by atoms with Gasteiger partial charge >= 0.3 is 0 Å². The molecule has 0 bridgehead atoms. The van der Waals surface area contributed by atoms with Gasteiger partial charge in [0.05, 0.1) is 19.9 Å². The zero-order valence-corrected chi connectivity index (χ0v) is 31.8. The molecule has 260 valence electrons. The quantitative estimate of drug-likeness (QED) is 0.192. The normalized spacial score (nSPS) is 24.7. The van der Waals surface area contributed by atoms with E-state index in [9.17, 15) is 0 Å². The van der Waals surface area contributed by atoms with Gasteiger partial charge in [-0.2, -0.15) is 0 Å². The minimum atomic E-state index is -0.611. The van der Waals surface area contributed by atoms with E-state index >= 15 is 0 Å². The van der Waals surface area contributed by atoms with Crippen LogP contribution in [-0.2, 0) is 0 Å². The van der Waals surface area contributed by atoms with Crippen LogP contribution in [0, 0.1) is 33.6 Å². The summed E-state index contributed by atoms with van der Waals surface area (Å²) in [6.07, 6.45) is 23.5. The van der Waals surface area contributed by atoms with Crippen LogP contribution in [0.4, 0.5) is 0 Å². The number of hydrogen-bond donors (Lipinski definition) is 1. The van der Waals surface area contributed by atoms with E-state index in [-0.39, 0.29) is 5.66 Å². The van der Waals surface area contributed by atoms with Crippen molar-refractivity contribution in [3.05, 3.63) is 46.5 Å². The van der Waals surface area contributed by atoms with Crippen molar-refractivity contribution in [2.24, 2.45) is 5.92 Å². The van der Waals surface area contributed by atoms with Crippen molar-refractivity contribution in [1.29, 1.82) is 0 Å². The molecule has 47 heavy (non-hydrogen) atoms. The third kappa shape index (κ3) is 7.32. The molecule has 4 fully saturated rings. The second kappa shape index (κ2) is 15.5. The Kier molecular flexibility index (Phi) is 11.6. The fraction of sp³-hybridized carbons (Fsp3) is 0.714. The lowest BCUT2D eigenvalue weighted by Gasteiger charge is -2.57. The molecule has 4 saturated carbocycles. The molecule has 1 N–H and O–H groups in total. The number of hydrogen-bond acceptors (Lipinski definition) is 4. The summed E-state index contributed by atoms with van der Waals surface area (Å²) in [6.45, 7) is 11.7. The topological polar surface area (TPSA) is 33.7 Å². The first-order valence-corrected chi connectivity index (χ1v) is 20.8. The number of nitrogens with zero attached hydrogens (tertiary/aromatic N) is 1. The van der Waals surface area contributed by atoms with Crippen LogP contribution in [0.2, 0.25) is 0 Å². The second-order valence-electron chi connectivity index (χ2n) is 16.0. The average molecular weight is 661 g/mol. The Morgan fingerprint density at radius 2 is 1.02 bits per heavy atom. The van der Waals surface area contributed by atoms with Crippen LogP contribution in [-0.4, -0.2) is 48.6 Å². The molecule has 0 aromatic heterocycles. The summed E-state index contributed by atoms with van der Waals surface area (Å²) in [7, 11) is 3.04. The van der Waals surface area contributed by atoms with E-state index in [4.69, 9.17) is 9.47 Å². The Morgan fingerprint density at radius 1 is 0.596 bits per heavy atom. The van der Waals surface area contributed by atoms with E-state index in [0.29, 0.717) is 29.7 Å². The Bertz CT molecular complexity index is 1220. The minimum Gasteiger partial charge on any atom is -0.496 e. The Labute approximate surface area is 288 Å². The first-order valence-electron chi connectivity index (χ1n) is 19.4. The largest absolute Gasteiger partial charge is 0.496 e. The fourth-order valence-electron chi connectivity index (χ4n) is 10.8. The van der Waals surface area contributed by atoms with E-state index < -0.39 is 7.92 Å². The molecule has 2 aromatic carbocycles. The van der Waals surface area contributed by atoms with E-state index in [1.807, 2.05) is 14.2 Å². The van der Waals surface area contributed by atoms with Gasteiger partial charge in [-0.1, -0.05) is 57.8 Å². The Balaban J connectivity index is 1.50. The first-order chi connectivity index (χ1) is 22.7. The molecule has 3 atom stereocenters. The highest BCUT2D eigenvalue weighted by Gasteiger charge is 2.52. The van der Waals surface area contributed by atoms with Crippen LogP contribution in [0.15, 0.2) is 24.3 Å². The molecule has 3 unspecified atom stereocenters. The van der Waals surface area contributed by atoms with Crippen molar-refractivity contribution < 1.29 is 9.47 Å². The van der Waals surface area contributed by atoms with Gasteiger partial charge in [-0.05, 0) is 163 Å². The summed E-state index contributed by atoms with van der Waals surface area (Å²) in [5.41, 5.74) is 5.70. The van der Waals surface area contributed by atoms with Crippen LogP contribution in [0.25, 0.3) is 0 Å². The number of rotatable bonds is 11. The predicted molar refractivity (Wildman–Crippen MR) is 202 cm³/mol. The number of nitrogens with one attached hydrogen (secondary N) is 1. The number of methoxy groups -OCH3 is 2. The average Bonchev–Trinajstić information content (AvgIpc) is 3.75. The highest BCUT2D eigenvalue weighted by molar-refractivity contribution is 7.73. The van der Waals surface area contributed by atoms with E-state index in [0.717, 1.165) is 11.5 Å². The standard InChI is InChI=1S/C42H65N2O2P/c1-29-25-36(26-30(2)40(29)45-6)47(37-27-31(3)41(46-7)32(4)28-37)39-24-16-23-38(39)42(5,43-33-17-14-15-18-33)44(34-19-10-8-11-20-34)35-21-12-9-13-22-35/h25-28,33-35,38-39,43H,8-24H2,1-7H3. The summed E-state index contributed by atoms with van der Waals surface area (Å²) in [4.78, 5) is 3.20. The van der Waals surface area contributed by atoms with Gasteiger partial charge in [-0.3, -0.25) is 10.2 Å². The van der Waals surface area contributed by atoms with Crippen molar-refractivity contribution >= 4 is 18.5 Å². The van der Waals surface area contributed by atoms with Crippen molar-refractivity contribution in [2.45, 2.75) is 173 Å². The molecule has 0 spiro atoms. The molecule has 4 aliphatic rings. The number of aryl methyl sites for hydroxylation is 4. The zero-order valence-electron chi connectivity index (χ0n) is 30.9. The maximum Gasteiger partial charge on any atom is 0.124 e. The second-order valence-corrected chi connectivity index (χ2v) is 18.4. The number of benzene rings is 2. The SMILES string of the molecule is COc1c(C)cc(P(c2cc(C)c(OC)c(C)c2)C2CCCC2C(C)(NC2CCCC2)N(C2CCCCC2)C2CCCCC2)cc1C. The minimum absolute atomic E-state index is 0.00783. The van der Waals surface area contributed by atoms with Gasteiger partial charge in [0, 0.05) is 18.1 Å². The molecule has 4 nitrogen and oxygen atoms in total. The maximum absolute atomic E-state index is 5.90. The fourth-order valence-corrected chi connectivity index (χ4v) is 14.5. The van der Waals surface area contributed by atoms with Gasteiger partial charge in [0.1, 0.15) is 11.5 Å². The monoisotopic (exact) mass is 660 g/mol. The summed E-state index contributed by atoms with van der Waals surface area (Å²) in [5.74, 6) is 2.70. The van der Waals surface area contributed by atoms with E-state index in [1.54, 1.807) is 0 Å². The highest BCUT2D eigenvalue weighted by Crippen LogP contribution is 2.56. The van der Waals surface area contributed by atoms with Crippen LogP contribution in [0.1, 0.15) is 138 Å². The molecule has 0 radical (unpaired) electrons. The Morgan fingerprint density at radius 3 is 1.45 bits per heavy atom. The van der Waals surface area contributed by atoms with Crippen molar-refractivity contribution in [3.63, 3.8) is 0 Å². The maximum atomic E-state index is 5.90. The Hall–Kier alpha value is -1.61. The van der Waals surface area contributed by atoms with Crippen LogP contribution >= 0.6 is 7.92 Å². The molecular formula is C42H65N2O2P. The molecule has 2 aromatic rings. The van der Waals surface area contributed by atoms with Gasteiger partial charge in [0.15, 0.2) is 0 Å². The van der Waals surface area contributed by atoms with E-state index in [1.165, 1.54) is 142 Å². The van der Waals surface area contributed by atoms with Crippen molar-refractivity contribution in [1.82, 2.24) is 10.2 Å². The third-order valence-electron chi connectivity index (χ3n) is 12.7. The first kappa shape index (κ1) is 35.2. The summed E-state index contributed by atoms with van der Waals surface area (Å²) >= 11 is 0. The van der Waals surface area contributed by atoms with Crippen molar-refractivity contribution in [2.75, 3.05) is 14.2 Å². The molecule has 0 amide bonds. The predicted octanol–water partition coefficient (Wildman–Crippen LogP) is 9.75. The van der Waals surface area contributed by atoms with E-state index in [2.05, 4.69) is 69.1 Å². The molecular weight excluding hydrogens is 595 g/mol. The molecule has 0 heterocycles. The summed E-state index contributed by atoms with van der Waals surface area (Å²) in [5, 5.41) is 7.65. The van der Waals surface area contributed by atoms with Gasteiger partial charge in [-0.15, -0.1) is 0 Å². The molecule has 0 saturated heterocycles. The lowest BCUT2D eigenvalue weighted by Crippen LogP contribution is -2.70. The molecule has 4 aliphatic carbocycles. The van der Waals surface area contributed by atoms with Crippen molar-refractivity contribution in [3.8, 4) is 11.5 Å². The van der Waals surface area contributed by atoms with Gasteiger partial charge < -0.3 is 9.47 Å². The molecule has 5 heteroatoms. The van der Waals surface area contributed by atoms with Gasteiger partial charge in [0.25, 0.3) is 0 Å². The molecule has 0 aliphatic heterocycles. The third-order valence-corrected chi connectivity index (χ3v) is 15.6. The van der Waals surface area contributed by atoms with Gasteiger partial charge in [0.2, 0.25) is 0 Å². The lowest BCUT2D eigenvalue weighted by molar-refractivity contribution is -0.0723. The number of ether oxygens (including phenoxy) is 2. The van der Waals surface area contributed by atoms with Crippen LogP contribution in [0.3, 0.4) is 0 Å². The lowest BCUT2D eigenvalue weighted by atomic mass is 9.81.